The molecule has 0 bridgehead atoms. The van der Waals surface area contributed by atoms with Crippen LogP contribution < -0.4 is 5.73 Å². The quantitative estimate of drug-likeness (QED) is 0.720. The average Bonchev–Trinajstić information content (AvgIpc) is 2.17. The van der Waals surface area contributed by atoms with Gasteiger partial charge >= 0.3 is 0 Å². The molecule has 0 aromatic rings. The Balaban J connectivity index is 2.42. The number of likely N-dealkylation sites (N-methyl/N-ethyl adjacent to an activating group) is 1. The van der Waals surface area contributed by atoms with Crippen molar-refractivity contribution in [1.29, 1.82) is 0 Å². The van der Waals surface area contributed by atoms with E-state index in [9.17, 15) is 0 Å². The molecule has 3 nitrogen and oxygen atoms in total. The number of aliphatic imine (C=N–C) groups is 1. The summed E-state index contributed by atoms with van der Waals surface area (Å²) in [7, 11) is 0. The van der Waals surface area contributed by atoms with Crippen molar-refractivity contribution in [1.82, 2.24) is 4.90 Å². The Labute approximate surface area is 86.7 Å². The van der Waals surface area contributed by atoms with Crippen LogP contribution in [0.15, 0.2) is 16.6 Å². The molecule has 1 aliphatic heterocycles. The fraction of sp³-hybridized carbons (Fsp3) is 0.727. The van der Waals surface area contributed by atoms with E-state index in [-0.39, 0.29) is 6.17 Å². The zero-order valence-corrected chi connectivity index (χ0v) is 9.24. The highest BCUT2D eigenvalue weighted by Gasteiger charge is 2.10. The van der Waals surface area contributed by atoms with E-state index in [1.54, 1.807) is 0 Å². The Morgan fingerprint density at radius 3 is 2.93 bits per heavy atom. The van der Waals surface area contributed by atoms with Gasteiger partial charge in [-0.2, -0.15) is 0 Å². The summed E-state index contributed by atoms with van der Waals surface area (Å²) in [5, 5.41) is 0. The maximum absolute atomic E-state index is 5.76. The van der Waals surface area contributed by atoms with Gasteiger partial charge in [0.2, 0.25) is 0 Å². The fourth-order valence-electron chi connectivity index (χ4n) is 1.72. The van der Waals surface area contributed by atoms with Gasteiger partial charge < -0.3 is 5.73 Å². The highest BCUT2D eigenvalue weighted by Crippen LogP contribution is 2.10. The van der Waals surface area contributed by atoms with Crippen LogP contribution in [0, 0.1) is 0 Å². The standard InChI is InChI=1S/C11H21N3/c1-3-7-14(4-2)9-10-5-6-13-11(12)8-10/h5-6,11H,3-4,7-9,12H2,1-2H3. The Morgan fingerprint density at radius 1 is 1.57 bits per heavy atom. The van der Waals surface area contributed by atoms with E-state index in [0.717, 1.165) is 19.5 Å². The van der Waals surface area contributed by atoms with Gasteiger partial charge in [-0.15, -0.1) is 0 Å². The molecule has 0 spiro atoms. The lowest BCUT2D eigenvalue weighted by atomic mass is 10.1. The Kier molecular flexibility index (Phi) is 4.84. The molecule has 1 atom stereocenters. The smallest absolute Gasteiger partial charge is 0.101 e. The van der Waals surface area contributed by atoms with E-state index in [1.165, 1.54) is 18.5 Å². The highest BCUT2D eigenvalue weighted by molar-refractivity contribution is 5.73. The molecule has 0 aliphatic carbocycles. The van der Waals surface area contributed by atoms with E-state index < -0.39 is 0 Å². The van der Waals surface area contributed by atoms with Gasteiger partial charge in [0.15, 0.2) is 0 Å². The topological polar surface area (TPSA) is 41.6 Å². The van der Waals surface area contributed by atoms with Crippen molar-refractivity contribution in [2.75, 3.05) is 19.6 Å². The molecule has 0 saturated heterocycles. The van der Waals surface area contributed by atoms with Crippen molar-refractivity contribution in [3.8, 4) is 0 Å². The maximum Gasteiger partial charge on any atom is 0.101 e. The average molecular weight is 195 g/mol. The molecule has 1 rings (SSSR count). The van der Waals surface area contributed by atoms with Gasteiger partial charge in [0.25, 0.3) is 0 Å². The largest absolute Gasteiger partial charge is 0.309 e. The van der Waals surface area contributed by atoms with Crippen molar-refractivity contribution < 1.29 is 0 Å². The van der Waals surface area contributed by atoms with Crippen LogP contribution in [0.2, 0.25) is 0 Å². The third-order valence-corrected chi connectivity index (χ3v) is 2.47. The van der Waals surface area contributed by atoms with Crippen LogP contribution in [0.25, 0.3) is 0 Å². The molecule has 0 aromatic carbocycles. The van der Waals surface area contributed by atoms with Gasteiger partial charge in [0, 0.05) is 19.2 Å². The van der Waals surface area contributed by atoms with Crippen LogP contribution in [0.1, 0.15) is 26.7 Å². The second-order valence-electron chi connectivity index (χ2n) is 3.76. The first kappa shape index (κ1) is 11.4. The highest BCUT2D eigenvalue weighted by atomic mass is 15.1. The normalized spacial score (nSPS) is 21.4. The Morgan fingerprint density at radius 2 is 2.36 bits per heavy atom. The first-order chi connectivity index (χ1) is 6.76. The summed E-state index contributed by atoms with van der Waals surface area (Å²) in [6.07, 6.45) is 6.04. The lowest BCUT2D eigenvalue weighted by Crippen LogP contribution is -2.30. The van der Waals surface area contributed by atoms with Crippen LogP contribution in [-0.2, 0) is 0 Å². The lowest BCUT2D eigenvalue weighted by molar-refractivity contribution is 0.308. The Bertz CT molecular complexity index is 221. The maximum atomic E-state index is 5.76. The predicted molar refractivity (Wildman–Crippen MR) is 61.6 cm³/mol. The van der Waals surface area contributed by atoms with Crippen molar-refractivity contribution in [2.45, 2.75) is 32.9 Å². The first-order valence-corrected chi connectivity index (χ1v) is 5.45. The molecule has 0 aromatic heterocycles. The van der Waals surface area contributed by atoms with Gasteiger partial charge in [-0.1, -0.05) is 19.4 Å². The molecule has 80 valence electrons. The summed E-state index contributed by atoms with van der Waals surface area (Å²) in [4.78, 5) is 6.56. The minimum atomic E-state index is -0.0182. The van der Waals surface area contributed by atoms with E-state index in [4.69, 9.17) is 5.73 Å². The zero-order valence-electron chi connectivity index (χ0n) is 9.24. The molecule has 14 heavy (non-hydrogen) atoms. The molecule has 1 unspecified atom stereocenters. The monoisotopic (exact) mass is 195 g/mol. The second kappa shape index (κ2) is 5.94. The van der Waals surface area contributed by atoms with Crippen molar-refractivity contribution >= 4 is 6.21 Å². The number of nitrogens with two attached hydrogens (primary N) is 1. The van der Waals surface area contributed by atoms with Crippen LogP contribution in [0.4, 0.5) is 0 Å². The molecule has 1 aliphatic rings. The minimum Gasteiger partial charge on any atom is -0.309 e. The number of nitrogens with zero attached hydrogens (tertiary/aromatic N) is 2. The molecule has 2 N–H and O–H groups in total. The number of rotatable bonds is 5. The third kappa shape index (κ3) is 3.60. The van der Waals surface area contributed by atoms with E-state index >= 15 is 0 Å². The van der Waals surface area contributed by atoms with E-state index in [0.29, 0.717) is 0 Å². The van der Waals surface area contributed by atoms with Crippen LogP contribution in [0.3, 0.4) is 0 Å². The number of hydrogen-bond donors (Lipinski definition) is 1. The second-order valence-corrected chi connectivity index (χ2v) is 3.76. The van der Waals surface area contributed by atoms with Crippen LogP contribution >= 0.6 is 0 Å². The lowest BCUT2D eigenvalue weighted by Gasteiger charge is -2.23. The van der Waals surface area contributed by atoms with Crippen molar-refractivity contribution in [3.05, 3.63) is 11.6 Å². The third-order valence-electron chi connectivity index (χ3n) is 2.47. The molecule has 1 heterocycles. The molecule has 3 heteroatoms. The van der Waals surface area contributed by atoms with Crippen molar-refractivity contribution in [3.63, 3.8) is 0 Å². The van der Waals surface area contributed by atoms with Gasteiger partial charge in [0.1, 0.15) is 6.17 Å². The summed E-state index contributed by atoms with van der Waals surface area (Å²) in [5.41, 5.74) is 7.16. The summed E-state index contributed by atoms with van der Waals surface area (Å²) in [6.45, 7) is 7.74. The molecule has 0 fully saturated rings. The summed E-state index contributed by atoms with van der Waals surface area (Å²) in [6, 6.07) is 0. The molecule has 0 amide bonds. The van der Waals surface area contributed by atoms with Crippen molar-refractivity contribution in [2.24, 2.45) is 10.7 Å². The van der Waals surface area contributed by atoms with Gasteiger partial charge in [0.05, 0.1) is 0 Å². The Hall–Kier alpha value is -0.670. The van der Waals surface area contributed by atoms with Gasteiger partial charge in [-0.3, -0.25) is 9.89 Å². The number of hydrogen-bond acceptors (Lipinski definition) is 3. The zero-order chi connectivity index (χ0) is 10.4. The summed E-state index contributed by atoms with van der Waals surface area (Å²) >= 11 is 0. The number of allylic oxidation sites excluding steroid dienone is 1. The fourth-order valence-corrected chi connectivity index (χ4v) is 1.72. The summed E-state index contributed by atoms with van der Waals surface area (Å²) in [5.74, 6) is 0. The van der Waals surface area contributed by atoms with Gasteiger partial charge in [-0.25, -0.2) is 0 Å². The summed E-state index contributed by atoms with van der Waals surface area (Å²) < 4.78 is 0. The van der Waals surface area contributed by atoms with Crippen LogP contribution in [0.5, 0.6) is 0 Å². The van der Waals surface area contributed by atoms with Gasteiger partial charge in [-0.05, 0) is 25.6 Å². The van der Waals surface area contributed by atoms with E-state index in [1.807, 2.05) is 6.21 Å². The van der Waals surface area contributed by atoms with Crippen LogP contribution in [-0.4, -0.2) is 36.9 Å². The SMILES string of the molecule is CCCN(CC)CC1=CC=NC(N)C1. The predicted octanol–water partition coefficient (Wildman–Crippen LogP) is 1.40. The molecular formula is C11H21N3. The molecule has 0 radical (unpaired) electrons. The molecular weight excluding hydrogens is 174 g/mol. The molecule has 0 saturated carbocycles. The minimum absolute atomic E-state index is 0.0182. The van der Waals surface area contributed by atoms with E-state index in [2.05, 4.69) is 29.8 Å². The number of dihydropyridines is 1. The first-order valence-electron chi connectivity index (χ1n) is 5.45.